The number of thiophene rings is 1. The van der Waals surface area contributed by atoms with Crippen molar-refractivity contribution in [3.63, 3.8) is 0 Å². The number of rotatable bonds is 5. The van der Waals surface area contributed by atoms with Crippen molar-refractivity contribution in [1.29, 1.82) is 0 Å². The second-order valence-corrected chi connectivity index (χ2v) is 6.84. The minimum absolute atomic E-state index is 0.222. The summed E-state index contributed by atoms with van der Waals surface area (Å²) in [5.41, 5.74) is -0.499. The zero-order valence-electron chi connectivity index (χ0n) is 11.6. The number of carbonyl (C=O) groups is 1. The van der Waals surface area contributed by atoms with E-state index in [1.54, 1.807) is 11.3 Å². The van der Waals surface area contributed by atoms with Crippen molar-refractivity contribution in [3.05, 3.63) is 22.4 Å². The van der Waals surface area contributed by atoms with Crippen LogP contribution in [0, 0.1) is 5.92 Å². The van der Waals surface area contributed by atoms with Gasteiger partial charge in [-0.05, 0) is 60.5 Å². The lowest BCUT2D eigenvalue weighted by Gasteiger charge is -2.36. The predicted molar refractivity (Wildman–Crippen MR) is 78.4 cm³/mol. The monoisotopic (exact) mass is 296 g/mol. The van der Waals surface area contributed by atoms with Gasteiger partial charge >= 0.3 is 0 Å². The van der Waals surface area contributed by atoms with Crippen molar-refractivity contribution in [2.75, 3.05) is 19.6 Å². The number of hydrogen-bond acceptors (Lipinski definition) is 3. The number of amides is 1. The molecule has 1 unspecified atom stereocenters. The number of nitrogens with one attached hydrogen (secondary N) is 1. The Morgan fingerprint density at radius 3 is 3.10 bits per heavy atom. The van der Waals surface area contributed by atoms with Crippen molar-refractivity contribution >= 4 is 17.2 Å². The molecule has 1 aliphatic carbocycles. The van der Waals surface area contributed by atoms with Crippen molar-refractivity contribution in [2.24, 2.45) is 5.92 Å². The summed E-state index contributed by atoms with van der Waals surface area (Å²) < 4.78 is 14.9. The van der Waals surface area contributed by atoms with E-state index in [1.807, 2.05) is 5.38 Å². The second-order valence-electron chi connectivity index (χ2n) is 6.06. The van der Waals surface area contributed by atoms with Gasteiger partial charge in [-0.2, -0.15) is 11.3 Å². The van der Waals surface area contributed by atoms with Crippen LogP contribution in [-0.4, -0.2) is 36.1 Å². The summed E-state index contributed by atoms with van der Waals surface area (Å²) in [5, 5.41) is 6.91. The van der Waals surface area contributed by atoms with Gasteiger partial charge in [-0.1, -0.05) is 0 Å². The van der Waals surface area contributed by atoms with E-state index >= 15 is 0 Å². The average molecular weight is 296 g/mol. The minimum Gasteiger partial charge on any atom is -0.353 e. The lowest BCUT2D eigenvalue weighted by molar-refractivity contribution is -0.136. The maximum Gasteiger partial charge on any atom is 0.259 e. The molecule has 1 aliphatic heterocycles. The van der Waals surface area contributed by atoms with Crippen molar-refractivity contribution in [2.45, 2.75) is 37.9 Å². The summed E-state index contributed by atoms with van der Waals surface area (Å²) in [5.74, 6) is 0.187. The van der Waals surface area contributed by atoms with Crippen LogP contribution in [0.25, 0.3) is 0 Å². The zero-order valence-corrected chi connectivity index (χ0v) is 12.4. The van der Waals surface area contributed by atoms with Crippen molar-refractivity contribution in [1.82, 2.24) is 10.2 Å². The van der Waals surface area contributed by atoms with Crippen molar-refractivity contribution in [3.8, 4) is 0 Å². The van der Waals surface area contributed by atoms with Crippen LogP contribution < -0.4 is 5.32 Å². The Hall–Kier alpha value is -0.940. The van der Waals surface area contributed by atoms with Crippen LogP contribution in [0.5, 0.6) is 0 Å². The van der Waals surface area contributed by atoms with E-state index in [2.05, 4.69) is 21.7 Å². The molecule has 0 radical (unpaired) electrons. The standard InChI is InChI=1S/C15H21FN2OS/c16-15(14(19)17-8-12-2-3-12)5-1-6-18(11-15)9-13-4-7-20-10-13/h4,7,10,12H,1-3,5-6,8-9,11H2,(H,17,19). The highest BCUT2D eigenvalue weighted by Gasteiger charge is 2.42. The molecule has 2 fully saturated rings. The molecule has 2 heterocycles. The van der Waals surface area contributed by atoms with Gasteiger partial charge in [-0.25, -0.2) is 4.39 Å². The third-order valence-electron chi connectivity index (χ3n) is 4.16. The van der Waals surface area contributed by atoms with E-state index < -0.39 is 11.6 Å². The first-order valence-corrected chi connectivity index (χ1v) is 8.31. The van der Waals surface area contributed by atoms with Gasteiger partial charge in [0.1, 0.15) is 0 Å². The molecule has 1 saturated heterocycles. The predicted octanol–water partition coefficient (Wildman–Crippen LogP) is 2.58. The molecule has 2 aliphatic rings. The molecule has 1 atom stereocenters. The molecule has 3 nitrogen and oxygen atoms in total. The van der Waals surface area contributed by atoms with E-state index in [4.69, 9.17) is 0 Å². The molecule has 0 aromatic carbocycles. The van der Waals surface area contributed by atoms with Gasteiger partial charge in [0.25, 0.3) is 5.91 Å². The largest absolute Gasteiger partial charge is 0.353 e. The number of likely N-dealkylation sites (tertiary alicyclic amines) is 1. The first kappa shape index (κ1) is 14.0. The van der Waals surface area contributed by atoms with Crippen LogP contribution in [0.1, 0.15) is 31.2 Å². The topological polar surface area (TPSA) is 32.3 Å². The average Bonchev–Trinajstić information content (AvgIpc) is 3.13. The smallest absolute Gasteiger partial charge is 0.259 e. The number of hydrogen-bond donors (Lipinski definition) is 1. The van der Waals surface area contributed by atoms with Crippen LogP contribution in [0.15, 0.2) is 16.8 Å². The molecular formula is C15H21FN2OS. The van der Waals surface area contributed by atoms with Crippen LogP contribution in [-0.2, 0) is 11.3 Å². The van der Waals surface area contributed by atoms with Crippen molar-refractivity contribution < 1.29 is 9.18 Å². The fourth-order valence-electron chi connectivity index (χ4n) is 2.77. The lowest BCUT2D eigenvalue weighted by Crippen LogP contribution is -2.54. The molecule has 3 rings (SSSR count). The Kier molecular flexibility index (Phi) is 4.08. The van der Waals surface area contributed by atoms with Crippen LogP contribution in [0.4, 0.5) is 4.39 Å². The number of carbonyl (C=O) groups excluding carboxylic acids is 1. The Morgan fingerprint density at radius 1 is 1.55 bits per heavy atom. The summed E-state index contributed by atoms with van der Waals surface area (Å²) in [7, 11) is 0. The first-order valence-electron chi connectivity index (χ1n) is 7.36. The molecule has 20 heavy (non-hydrogen) atoms. The normalized spacial score (nSPS) is 27.4. The lowest BCUT2D eigenvalue weighted by atomic mass is 9.93. The van der Waals surface area contributed by atoms with E-state index in [9.17, 15) is 9.18 Å². The third kappa shape index (κ3) is 3.38. The van der Waals surface area contributed by atoms with Gasteiger partial charge in [-0.3, -0.25) is 9.69 Å². The Morgan fingerprint density at radius 2 is 2.40 bits per heavy atom. The quantitative estimate of drug-likeness (QED) is 0.906. The highest BCUT2D eigenvalue weighted by molar-refractivity contribution is 7.07. The van der Waals surface area contributed by atoms with E-state index in [0.717, 1.165) is 19.5 Å². The molecule has 1 amide bonds. The Balaban J connectivity index is 1.55. The van der Waals surface area contributed by atoms with Crippen LogP contribution >= 0.6 is 11.3 Å². The highest BCUT2D eigenvalue weighted by atomic mass is 32.1. The molecule has 1 aromatic rings. The zero-order chi connectivity index (χ0) is 14.0. The summed E-state index contributed by atoms with van der Waals surface area (Å²) in [6, 6.07) is 2.06. The van der Waals surface area contributed by atoms with Gasteiger partial charge in [0.2, 0.25) is 5.67 Å². The fraction of sp³-hybridized carbons (Fsp3) is 0.667. The van der Waals surface area contributed by atoms with Gasteiger partial charge < -0.3 is 5.32 Å². The molecule has 0 bridgehead atoms. The second kappa shape index (κ2) is 5.82. The number of halogens is 1. The molecule has 1 N–H and O–H groups in total. The van der Waals surface area contributed by atoms with Crippen LogP contribution in [0.3, 0.4) is 0 Å². The summed E-state index contributed by atoms with van der Waals surface area (Å²) in [6.45, 7) is 2.48. The number of alkyl halides is 1. The fourth-order valence-corrected chi connectivity index (χ4v) is 3.43. The van der Waals surface area contributed by atoms with Crippen LogP contribution in [0.2, 0.25) is 0 Å². The first-order chi connectivity index (χ1) is 9.66. The maximum atomic E-state index is 14.9. The Labute approximate surface area is 123 Å². The highest BCUT2D eigenvalue weighted by Crippen LogP contribution is 2.30. The Bertz CT molecular complexity index is 460. The van der Waals surface area contributed by atoms with Gasteiger partial charge in [0.15, 0.2) is 0 Å². The molecule has 1 saturated carbocycles. The molecule has 1 aromatic heterocycles. The van der Waals surface area contributed by atoms with E-state index in [0.29, 0.717) is 18.9 Å². The maximum absolute atomic E-state index is 14.9. The third-order valence-corrected chi connectivity index (χ3v) is 4.90. The van der Waals surface area contributed by atoms with Gasteiger partial charge in [0, 0.05) is 19.6 Å². The SMILES string of the molecule is O=C(NCC1CC1)C1(F)CCCN(Cc2ccsc2)C1. The molecule has 5 heteroatoms. The summed E-state index contributed by atoms with van der Waals surface area (Å²) in [6.07, 6.45) is 3.44. The van der Waals surface area contributed by atoms with Gasteiger partial charge in [0.05, 0.1) is 0 Å². The van der Waals surface area contributed by atoms with E-state index in [1.165, 1.54) is 18.4 Å². The summed E-state index contributed by atoms with van der Waals surface area (Å²) >= 11 is 1.65. The van der Waals surface area contributed by atoms with Gasteiger partial charge in [-0.15, -0.1) is 0 Å². The molecule has 110 valence electrons. The molecule has 0 spiro atoms. The summed E-state index contributed by atoms with van der Waals surface area (Å²) in [4.78, 5) is 14.1. The molecular weight excluding hydrogens is 275 g/mol. The number of piperidine rings is 1. The minimum atomic E-state index is -1.71. The number of nitrogens with zero attached hydrogens (tertiary/aromatic N) is 1. The van der Waals surface area contributed by atoms with E-state index in [-0.39, 0.29) is 6.54 Å².